The van der Waals surface area contributed by atoms with Crippen LogP contribution in [-0.2, 0) is 17.8 Å². The van der Waals surface area contributed by atoms with Crippen molar-refractivity contribution in [1.29, 1.82) is 0 Å². The van der Waals surface area contributed by atoms with Gasteiger partial charge >= 0.3 is 0 Å². The van der Waals surface area contributed by atoms with Crippen molar-refractivity contribution in [1.82, 2.24) is 14.7 Å². The molecule has 1 aromatic heterocycles. The molecule has 3 aliphatic rings. The number of aromatic nitrogens is 2. The lowest BCUT2D eigenvalue weighted by Gasteiger charge is -2.33. The lowest BCUT2D eigenvalue weighted by Crippen LogP contribution is -2.54. The van der Waals surface area contributed by atoms with Crippen LogP contribution in [0, 0.1) is 0 Å². The molecule has 0 fully saturated rings. The topological polar surface area (TPSA) is 86.1 Å². The van der Waals surface area contributed by atoms with Crippen molar-refractivity contribution in [3.8, 4) is 17.2 Å². The molecule has 0 bridgehead atoms. The summed E-state index contributed by atoms with van der Waals surface area (Å²) in [5.74, 6) is 1.05. The summed E-state index contributed by atoms with van der Waals surface area (Å²) in [7, 11) is 1.66. The number of hydrogen-bond acceptors (Lipinski definition) is 6. The average Bonchev–Trinajstić information content (AvgIpc) is 3.41. The summed E-state index contributed by atoms with van der Waals surface area (Å²) in [4.78, 5) is 29.9. The highest BCUT2D eigenvalue weighted by atomic mass is 35.5. The van der Waals surface area contributed by atoms with Gasteiger partial charge in [-0.15, -0.1) is 0 Å². The first-order chi connectivity index (χ1) is 16.5. The van der Waals surface area contributed by atoms with Gasteiger partial charge in [0.05, 0.1) is 12.2 Å². The lowest BCUT2D eigenvalue weighted by molar-refractivity contribution is -0.123. The minimum Gasteiger partial charge on any atom is -0.489 e. The van der Waals surface area contributed by atoms with E-state index in [0.29, 0.717) is 53.2 Å². The summed E-state index contributed by atoms with van der Waals surface area (Å²) < 4.78 is 18.5. The number of carbonyl (C=O) groups excluding carboxylic acids is 2. The molecule has 9 nitrogen and oxygen atoms in total. The van der Waals surface area contributed by atoms with Crippen molar-refractivity contribution < 1.29 is 23.8 Å². The Morgan fingerprint density at radius 3 is 2.62 bits per heavy atom. The molecular weight excluding hydrogens is 460 g/mol. The number of anilines is 1. The summed E-state index contributed by atoms with van der Waals surface area (Å²) in [5, 5.41) is 4.97. The number of benzene rings is 2. The van der Waals surface area contributed by atoms with E-state index < -0.39 is 6.04 Å². The third kappa shape index (κ3) is 3.27. The predicted octanol–water partition coefficient (Wildman–Crippen LogP) is 2.74. The third-order valence-corrected chi connectivity index (χ3v) is 6.85. The van der Waals surface area contributed by atoms with Crippen LogP contribution >= 0.6 is 11.6 Å². The number of amides is 2. The number of fused-ring (bicyclic) bond motifs is 3. The maximum atomic E-state index is 13.5. The van der Waals surface area contributed by atoms with Crippen LogP contribution in [0.15, 0.2) is 42.5 Å². The lowest BCUT2D eigenvalue weighted by atomic mass is 10.0. The van der Waals surface area contributed by atoms with Crippen LogP contribution in [0.4, 0.5) is 5.69 Å². The van der Waals surface area contributed by atoms with Gasteiger partial charge in [-0.1, -0.05) is 41.9 Å². The van der Waals surface area contributed by atoms with Gasteiger partial charge in [-0.25, -0.2) is 4.68 Å². The van der Waals surface area contributed by atoms with E-state index in [9.17, 15) is 9.59 Å². The largest absolute Gasteiger partial charge is 0.489 e. The fourth-order valence-electron chi connectivity index (χ4n) is 4.60. The zero-order valence-corrected chi connectivity index (χ0v) is 19.1. The highest BCUT2D eigenvalue weighted by Gasteiger charge is 2.41. The molecular formula is C24H21ClN4O5. The van der Waals surface area contributed by atoms with Crippen LogP contribution in [0.25, 0.3) is 0 Å². The average molecular weight is 481 g/mol. The minimum atomic E-state index is -0.798. The second-order valence-electron chi connectivity index (χ2n) is 8.41. The molecule has 0 unspecified atom stereocenters. The number of carbonyl (C=O) groups is 2. The molecule has 10 heteroatoms. The van der Waals surface area contributed by atoms with E-state index >= 15 is 0 Å². The number of nitrogens with zero attached hydrogens (tertiary/aromatic N) is 4. The van der Waals surface area contributed by atoms with Gasteiger partial charge in [0.2, 0.25) is 6.79 Å². The van der Waals surface area contributed by atoms with Gasteiger partial charge in [-0.05, 0) is 12.0 Å². The number of ether oxygens (including phenoxy) is 3. The molecule has 3 aliphatic heterocycles. The van der Waals surface area contributed by atoms with E-state index in [-0.39, 0.29) is 30.9 Å². The Kier molecular flexibility index (Phi) is 4.88. The van der Waals surface area contributed by atoms with Crippen LogP contribution < -0.4 is 19.1 Å². The van der Waals surface area contributed by atoms with Gasteiger partial charge in [0, 0.05) is 31.3 Å². The minimum absolute atomic E-state index is 0.0232. The first kappa shape index (κ1) is 20.9. The molecule has 0 aliphatic carbocycles. The van der Waals surface area contributed by atoms with Crippen molar-refractivity contribution in [2.75, 3.05) is 31.9 Å². The summed E-state index contributed by atoms with van der Waals surface area (Å²) in [5.41, 5.74) is 2.59. The zero-order valence-electron chi connectivity index (χ0n) is 18.4. The Morgan fingerprint density at radius 2 is 1.82 bits per heavy atom. The molecule has 0 saturated carbocycles. The molecule has 6 rings (SSSR count). The second kappa shape index (κ2) is 7.95. The Hall–Kier alpha value is -3.72. The maximum Gasteiger partial charge on any atom is 0.275 e. The smallest absolute Gasteiger partial charge is 0.275 e. The molecule has 2 aromatic carbocycles. The molecule has 2 amide bonds. The van der Waals surface area contributed by atoms with Gasteiger partial charge in [0.25, 0.3) is 11.8 Å². The van der Waals surface area contributed by atoms with Crippen LogP contribution in [0.3, 0.4) is 0 Å². The fraction of sp³-hybridized carbons (Fsp3) is 0.292. The molecule has 4 heterocycles. The Bertz CT molecular complexity index is 1310. The number of rotatable bonds is 3. The standard InChI is InChI=1S/C24H21ClN4O5/c1-27-16-9-19-20(34-13-33-19)10-18(16)32-12-17(23(27)30)28-8-7-15-21(24(28)31)26-29(22(15)25)11-14-5-3-2-4-6-14/h2-6,9-10,17H,7-8,11-13H2,1H3/t17-/m0/s1. The Labute approximate surface area is 200 Å². The van der Waals surface area contributed by atoms with Crippen LogP contribution in [0.5, 0.6) is 17.2 Å². The molecule has 3 aromatic rings. The van der Waals surface area contributed by atoms with E-state index in [0.717, 1.165) is 5.56 Å². The summed E-state index contributed by atoms with van der Waals surface area (Å²) in [6, 6.07) is 12.4. The SMILES string of the molecule is CN1C(=O)[C@@H](N2CCc3c(nn(Cc4ccccc4)c3Cl)C2=O)COc2cc3c(cc21)OCO3. The van der Waals surface area contributed by atoms with E-state index in [1.165, 1.54) is 9.80 Å². The predicted molar refractivity (Wildman–Crippen MR) is 123 cm³/mol. The molecule has 0 N–H and O–H groups in total. The van der Waals surface area contributed by atoms with Gasteiger partial charge in [0.1, 0.15) is 23.6 Å². The first-order valence-electron chi connectivity index (χ1n) is 11.0. The van der Waals surface area contributed by atoms with Crippen LogP contribution in [0.1, 0.15) is 21.6 Å². The van der Waals surface area contributed by atoms with Crippen molar-refractivity contribution in [2.24, 2.45) is 0 Å². The highest BCUT2D eigenvalue weighted by Crippen LogP contribution is 2.43. The fourth-order valence-corrected chi connectivity index (χ4v) is 4.88. The van der Waals surface area contributed by atoms with Gasteiger partial charge in [-0.3, -0.25) is 9.59 Å². The normalized spacial score (nSPS) is 18.9. The van der Waals surface area contributed by atoms with Crippen molar-refractivity contribution >= 4 is 29.1 Å². The van der Waals surface area contributed by atoms with Crippen LogP contribution in [0.2, 0.25) is 5.15 Å². The van der Waals surface area contributed by atoms with E-state index in [4.69, 9.17) is 25.8 Å². The Morgan fingerprint density at radius 1 is 1.06 bits per heavy atom. The molecule has 174 valence electrons. The van der Waals surface area contributed by atoms with Gasteiger partial charge in [-0.2, -0.15) is 5.10 Å². The van der Waals surface area contributed by atoms with E-state index in [1.54, 1.807) is 23.9 Å². The third-order valence-electron chi connectivity index (χ3n) is 6.43. The summed E-state index contributed by atoms with van der Waals surface area (Å²) in [6.07, 6.45) is 0.505. The van der Waals surface area contributed by atoms with E-state index in [2.05, 4.69) is 5.10 Å². The van der Waals surface area contributed by atoms with Crippen molar-refractivity contribution in [3.63, 3.8) is 0 Å². The molecule has 0 spiro atoms. The number of likely N-dealkylation sites (N-methyl/N-ethyl adjacent to an activating group) is 1. The highest BCUT2D eigenvalue weighted by molar-refractivity contribution is 6.31. The molecule has 0 radical (unpaired) electrons. The Balaban J connectivity index is 1.28. The van der Waals surface area contributed by atoms with Crippen molar-refractivity contribution in [2.45, 2.75) is 19.0 Å². The molecule has 34 heavy (non-hydrogen) atoms. The molecule has 1 atom stereocenters. The monoisotopic (exact) mass is 480 g/mol. The number of halogens is 1. The molecule has 0 saturated heterocycles. The first-order valence-corrected chi connectivity index (χ1v) is 11.3. The zero-order chi connectivity index (χ0) is 23.4. The second-order valence-corrected chi connectivity index (χ2v) is 8.77. The van der Waals surface area contributed by atoms with E-state index in [1.807, 2.05) is 30.3 Å². The quantitative estimate of drug-likeness (QED) is 0.573. The van der Waals surface area contributed by atoms with Gasteiger partial charge < -0.3 is 24.0 Å². The summed E-state index contributed by atoms with van der Waals surface area (Å²) >= 11 is 6.58. The number of hydrogen-bond donors (Lipinski definition) is 0. The van der Waals surface area contributed by atoms with Crippen LogP contribution in [-0.4, -0.2) is 59.5 Å². The van der Waals surface area contributed by atoms with Gasteiger partial charge in [0.15, 0.2) is 17.2 Å². The summed E-state index contributed by atoms with van der Waals surface area (Å²) in [6.45, 7) is 0.950. The van der Waals surface area contributed by atoms with Crippen molar-refractivity contribution in [3.05, 3.63) is 64.4 Å². The maximum absolute atomic E-state index is 13.5.